The lowest BCUT2D eigenvalue weighted by Crippen LogP contribution is -2.52. The van der Waals surface area contributed by atoms with Crippen LogP contribution in [0.2, 0.25) is 0 Å². The Morgan fingerprint density at radius 2 is 1.75 bits per heavy atom. The van der Waals surface area contributed by atoms with Gasteiger partial charge in [-0.1, -0.05) is 0 Å². The number of nitrogens with zero attached hydrogens (tertiary/aromatic N) is 3. The van der Waals surface area contributed by atoms with E-state index in [9.17, 15) is 19.2 Å². The van der Waals surface area contributed by atoms with Gasteiger partial charge in [-0.2, -0.15) is 0 Å². The third kappa shape index (κ3) is 6.40. The molecule has 1 saturated carbocycles. The van der Waals surface area contributed by atoms with Crippen LogP contribution in [0.25, 0.3) is 0 Å². The van der Waals surface area contributed by atoms with Crippen LogP contribution in [0, 0.1) is 11.7 Å². The highest BCUT2D eigenvalue weighted by molar-refractivity contribution is 6.05. The number of halogens is 1. The monoisotopic (exact) mass is 557 g/mol. The van der Waals surface area contributed by atoms with Crippen molar-refractivity contribution in [3.8, 4) is 0 Å². The van der Waals surface area contributed by atoms with Gasteiger partial charge in [0.2, 0.25) is 11.8 Å². The first-order valence-corrected chi connectivity index (χ1v) is 14.4. The lowest BCUT2D eigenvalue weighted by molar-refractivity contribution is -0.136. The first-order chi connectivity index (χ1) is 19.0. The van der Waals surface area contributed by atoms with E-state index >= 15 is 4.39 Å². The third-order valence-corrected chi connectivity index (χ3v) is 8.39. The van der Waals surface area contributed by atoms with Crippen molar-refractivity contribution in [2.45, 2.75) is 83.5 Å². The van der Waals surface area contributed by atoms with Gasteiger partial charge in [-0.25, -0.2) is 9.18 Å². The molecule has 3 fully saturated rings. The van der Waals surface area contributed by atoms with Crippen molar-refractivity contribution in [2.24, 2.45) is 5.92 Å². The number of rotatable bonds is 5. The number of ether oxygens (including phenoxy) is 1. The van der Waals surface area contributed by atoms with Crippen LogP contribution in [0.15, 0.2) is 12.1 Å². The summed E-state index contributed by atoms with van der Waals surface area (Å²) in [7, 11) is 0. The first-order valence-electron chi connectivity index (χ1n) is 14.4. The summed E-state index contributed by atoms with van der Waals surface area (Å²) >= 11 is 0. The normalized spacial score (nSPS) is 26.0. The summed E-state index contributed by atoms with van der Waals surface area (Å²) in [5, 5.41) is 5.30. The number of nitrogens with one attached hydrogen (secondary N) is 2. The van der Waals surface area contributed by atoms with E-state index in [0.717, 1.165) is 45.3 Å². The number of piperidine rings is 1. The Bertz CT molecular complexity index is 1170. The molecule has 1 unspecified atom stereocenters. The molecule has 2 saturated heterocycles. The van der Waals surface area contributed by atoms with E-state index in [1.165, 1.54) is 11.0 Å². The van der Waals surface area contributed by atoms with Crippen LogP contribution in [0.5, 0.6) is 0 Å². The molecule has 10 nitrogen and oxygen atoms in total. The number of anilines is 1. The van der Waals surface area contributed by atoms with Crippen molar-refractivity contribution in [1.29, 1.82) is 0 Å². The molecule has 1 atom stereocenters. The molecule has 218 valence electrons. The highest BCUT2D eigenvalue weighted by Crippen LogP contribution is 2.33. The summed E-state index contributed by atoms with van der Waals surface area (Å²) in [5.41, 5.74) is 0.997. The van der Waals surface area contributed by atoms with Gasteiger partial charge in [0.15, 0.2) is 0 Å². The van der Waals surface area contributed by atoms with Crippen LogP contribution >= 0.6 is 0 Å². The number of carbonyl (C=O) groups excluding carboxylic acids is 4. The van der Waals surface area contributed by atoms with E-state index < -0.39 is 23.4 Å². The highest BCUT2D eigenvalue weighted by atomic mass is 19.1. The molecule has 4 amide bonds. The maximum absolute atomic E-state index is 15.2. The van der Waals surface area contributed by atoms with Crippen molar-refractivity contribution in [3.63, 3.8) is 0 Å². The van der Waals surface area contributed by atoms with Gasteiger partial charge in [0.05, 0.1) is 5.69 Å². The quantitative estimate of drug-likeness (QED) is 0.536. The van der Waals surface area contributed by atoms with Gasteiger partial charge in [-0.15, -0.1) is 0 Å². The molecule has 1 aliphatic carbocycles. The minimum absolute atomic E-state index is 0.156. The van der Waals surface area contributed by atoms with Crippen molar-refractivity contribution in [1.82, 2.24) is 20.4 Å². The number of hydrogen-bond donors (Lipinski definition) is 2. The van der Waals surface area contributed by atoms with Gasteiger partial charge in [0.1, 0.15) is 17.5 Å². The molecule has 2 N–H and O–H groups in total. The van der Waals surface area contributed by atoms with E-state index in [1.807, 2.05) is 25.7 Å². The van der Waals surface area contributed by atoms with Crippen LogP contribution in [-0.2, 0) is 20.9 Å². The largest absolute Gasteiger partial charge is 0.444 e. The van der Waals surface area contributed by atoms with Crippen LogP contribution in [-0.4, -0.2) is 84.0 Å². The second kappa shape index (κ2) is 11.3. The van der Waals surface area contributed by atoms with Gasteiger partial charge >= 0.3 is 6.09 Å². The van der Waals surface area contributed by atoms with Gasteiger partial charge in [0, 0.05) is 57.3 Å². The van der Waals surface area contributed by atoms with Crippen LogP contribution in [0.3, 0.4) is 0 Å². The predicted molar refractivity (Wildman–Crippen MR) is 146 cm³/mol. The maximum atomic E-state index is 15.2. The molecule has 3 aliphatic heterocycles. The average molecular weight is 558 g/mol. The Kier molecular flexibility index (Phi) is 8.03. The Labute approximate surface area is 234 Å². The third-order valence-electron chi connectivity index (χ3n) is 8.39. The van der Waals surface area contributed by atoms with Gasteiger partial charge in [-0.3, -0.25) is 24.6 Å². The summed E-state index contributed by atoms with van der Waals surface area (Å²) < 4.78 is 20.6. The van der Waals surface area contributed by atoms with Crippen LogP contribution < -0.4 is 15.5 Å². The zero-order valence-corrected chi connectivity index (χ0v) is 23.6. The van der Waals surface area contributed by atoms with Crippen molar-refractivity contribution < 1.29 is 28.3 Å². The van der Waals surface area contributed by atoms with Gasteiger partial charge in [-0.05, 0) is 76.5 Å². The first kappa shape index (κ1) is 28.3. The number of hydrogen-bond acceptors (Lipinski definition) is 7. The Morgan fingerprint density at radius 3 is 2.40 bits per heavy atom. The molecule has 0 aromatic heterocycles. The zero-order valence-electron chi connectivity index (χ0n) is 23.6. The van der Waals surface area contributed by atoms with E-state index in [-0.39, 0.29) is 43.3 Å². The Hall–Kier alpha value is -3.21. The predicted octanol–water partition coefficient (Wildman–Crippen LogP) is 2.79. The molecular weight excluding hydrogens is 517 g/mol. The lowest BCUT2D eigenvalue weighted by atomic mass is 9.85. The van der Waals surface area contributed by atoms with E-state index in [4.69, 9.17) is 4.74 Å². The minimum Gasteiger partial charge on any atom is -0.444 e. The summed E-state index contributed by atoms with van der Waals surface area (Å²) in [5.74, 6) is -1.02. The fourth-order valence-corrected chi connectivity index (χ4v) is 6.32. The highest BCUT2D eigenvalue weighted by Gasteiger charge is 2.40. The Morgan fingerprint density at radius 1 is 1.05 bits per heavy atom. The van der Waals surface area contributed by atoms with Crippen LogP contribution in [0.4, 0.5) is 14.9 Å². The number of imide groups is 1. The fourth-order valence-electron chi connectivity index (χ4n) is 6.32. The van der Waals surface area contributed by atoms with E-state index in [2.05, 4.69) is 15.5 Å². The number of piperazine rings is 1. The van der Waals surface area contributed by atoms with E-state index in [1.54, 1.807) is 6.07 Å². The SMILES string of the molecule is CC(C)(C)OC(=O)NC1CCC(CN2CCN(c3cc4c(cc3F)C(=O)N(C3CCC(=O)NC3=O)C4)CC2)CC1. The molecule has 1 aromatic rings. The number of carbonyl (C=O) groups is 4. The molecule has 3 heterocycles. The molecular formula is C29H40FN5O5. The van der Waals surface area contributed by atoms with Crippen molar-refractivity contribution >= 4 is 29.5 Å². The molecule has 11 heteroatoms. The maximum Gasteiger partial charge on any atom is 0.407 e. The second-order valence-corrected chi connectivity index (χ2v) is 12.5. The second-order valence-electron chi connectivity index (χ2n) is 12.5. The van der Waals surface area contributed by atoms with Gasteiger partial charge in [0.25, 0.3) is 5.91 Å². The smallest absolute Gasteiger partial charge is 0.407 e. The molecule has 0 spiro atoms. The number of benzene rings is 1. The summed E-state index contributed by atoms with van der Waals surface area (Å²) in [4.78, 5) is 54.8. The summed E-state index contributed by atoms with van der Waals surface area (Å²) in [6.07, 6.45) is 4.11. The number of alkyl carbamates (subject to hydrolysis) is 1. The minimum atomic E-state index is -0.712. The standard InChI is InChI=1S/C29H40FN5O5/c1-29(2,3)40-28(39)31-20-6-4-18(5-7-20)16-33-10-12-34(13-11-33)24-14-19-17-35(27(38)21(19)15-22(24)30)23-8-9-25(36)32-26(23)37/h14-15,18,20,23H,4-13,16-17H2,1-3H3,(H,31,39)(H,32,36,37). The molecule has 1 aromatic carbocycles. The number of fused-ring (bicyclic) bond motifs is 1. The fraction of sp³-hybridized carbons (Fsp3) is 0.655. The van der Waals surface area contributed by atoms with Crippen LogP contribution in [0.1, 0.15) is 75.2 Å². The topological polar surface area (TPSA) is 111 Å². The molecule has 0 radical (unpaired) electrons. The van der Waals surface area contributed by atoms with Gasteiger partial charge < -0.3 is 19.9 Å². The molecule has 5 rings (SSSR count). The lowest BCUT2D eigenvalue weighted by Gasteiger charge is -2.39. The van der Waals surface area contributed by atoms with E-state index in [0.29, 0.717) is 35.8 Å². The Balaban J connectivity index is 1.11. The summed E-state index contributed by atoms with van der Waals surface area (Å²) in [6.45, 7) is 9.85. The number of amides is 4. The molecule has 4 aliphatic rings. The molecule has 40 heavy (non-hydrogen) atoms. The van der Waals surface area contributed by atoms with Crippen molar-refractivity contribution in [2.75, 3.05) is 37.6 Å². The summed E-state index contributed by atoms with van der Waals surface area (Å²) in [6, 6.07) is 2.50. The molecule has 0 bridgehead atoms. The van der Waals surface area contributed by atoms with Crippen molar-refractivity contribution in [3.05, 3.63) is 29.1 Å². The zero-order chi connectivity index (χ0) is 28.6. The average Bonchev–Trinajstić information content (AvgIpc) is 3.19.